The van der Waals surface area contributed by atoms with E-state index in [-0.39, 0.29) is 6.10 Å². The maximum atomic E-state index is 10.2. The zero-order valence-corrected chi connectivity index (χ0v) is 9.33. The summed E-state index contributed by atoms with van der Waals surface area (Å²) in [5.74, 6) is 1.05. The number of nitrogens with zero attached hydrogens (tertiary/aromatic N) is 1. The first-order chi connectivity index (χ1) is 7.21. The molecule has 2 heterocycles. The van der Waals surface area contributed by atoms with E-state index in [9.17, 15) is 5.11 Å². The lowest BCUT2D eigenvalue weighted by molar-refractivity contribution is -0.0234. The first-order valence-electron chi connectivity index (χ1n) is 5.82. The highest BCUT2D eigenvalue weighted by molar-refractivity contribution is 5.82. The smallest absolute Gasteiger partial charge is 0.110 e. The normalized spacial score (nSPS) is 36.4. The minimum Gasteiger partial charge on any atom is -0.385 e. The van der Waals surface area contributed by atoms with Crippen LogP contribution < -0.4 is 5.32 Å². The highest BCUT2D eigenvalue weighted by Gasteiger charge is 2.39. The van der Waals surface area contributed by atoms with Crippen molar-refractivity contribution in [2.24, 2.45) is 4.99 Å². The molecule has 2 rings (SSSR count). The molecule has 0 spiro atoms. The Bertz CT molecular complexity index is 255. The fraction of sp³-hybridized carbons (Fsp3) is 0.909. The van der Waals surface area contributed by atoms with Gasteiger partial charge in [-0.1, -0.05) is 0 Å². The maximum absolute atomic E-state index is 10.2. The lowest BCUT2D eigenvalue weighted by atomic mass is 9.96. The van der Waals surface area contributed by atoms with Crippen LogP contribution in [0.15, 0.2) is 4.99 Å². The van der Waals surface area contributed by atoms with Crippen molar-refractivity contribution < 1.29 is 9.84 Å². The van der Waals surface area contributed by atoms with E-state index in [1.54, 1.807) is 0 Å². The van der Waals surface area contributed by atoms with Gasteiger partial charge >= 0.3 is 0 Å². The predicted molar refractivity (Wildman–Crippen MR) is 59.1 cm³/mol. The number of hydrogen-bond donors (Lipinski definition) is 2. The second kappa shape index (κ2) is 4.49. The van der Waals surface area contributed by atoms with E-state index in [0.717, 1.165) is 18.8 Å². The van der Waals surface area contributed by atoms with Gasteiger partial charge in [0.1, 0.15) is 5.60 Å². The number of ether oxygens (including phenoxy) is 1. The van der Waals surface area contributed by atoms with Crippen molar-refractivity contribution in [3.8, 4) is 0 Å². The molecule has 2 aliphatic heterocycles. The van der Waals surface area contributed by atoms with E-state index < -0.39 is 5.60 Å². The lowest BCUT2D eigenvalue weighted by Crippen LogP contribution is -2.47. The number of aliphatic hydroxyl groups is 1. The number of hydrogen-bond acceptors (Lipinski definition) is 4. The highest BCUT2D eigenvalue weighted by atomic mass is 16.5. The molecule has 15 heavy (non-hydrogen) atoms. The molecule has 0 saturated carbocycles. The van der Waals surface area contributed by atoms with E-state index in [2.05, 4.69) is 10.3 Å². The Balaban J connectivity index is 1.84. The Hall–Kier alpha value is -0.610. The van der Waals surface area contributed by atoms with E-state index in [1.165, 1.54) is 12.8 Å². The van der Waals surface area contributed by atoms with Gasteiger partial charge in [0.2, 0.25) is 0 Å². The second-order valence-corrected chi connectivity index (χ2v) is 4.51. The molecule has 2 aliphatic rings. The zero-order valence-electron chi connectivity index (χ0n) is 9.33. The van der Waals surface area contributed by atoms with Crippen LogP contribution in [0.25, 0.3) is 0 Å². The van der Waals surface area contributed by atoms with Crippen molar-refractivity contribution in [2.75, 3.05) is 19.7 Å². The average molecular weight is 212 g/mol. The molecule has 0 bridgehead atoms. The van der Waals surface area contributed by atoms with Crippen molar-refractivity contribution in [1.29, 1.82) is 0 Å². The molecule has 0 aliphatic carbocycles. The molecule has 1 saturated heterocycles. The largest absolute Gasteiger partial charge is 0.385 e. The van der Waals surface area contributed by atoms with Gasteiger partial charge < -0.3 is 15.2 Å². The van der Waals surface area contributed by atoms with Gasteiger partial charge in [-0.05, 0) is 19.8 Å². The fourth-order valence-corrected chi connectivity index (χ4v) is 2.10. The number of nitrogens with one attached hydrogen (secondary N) is 1. The Labute approximate surface area is 90.7 Å². The Morgan fingerprint density at radius 3 is 3.07 bits per heavy atom. The van der Waals surface area contributed by atoms with Crippen LogP contribution in [0.2, 0.25) is 0 Å². The second-order valence-electron chi connectivity index (χ2n) is 4.51. The van der Waals surface area contributed by atoms with Gasteiger partial charge in [0.05, 0.1) is 11.9 Å². The third kappa shape index (κ3) is 2.49. The molecular formula is C11H20N2O2. The van der Waals surface area contributed by atoms with Crippen LogP contribution >= 0.6 is 0 Å². The van der Waals surface area contributed by atoms with Crippen LogP contribution in [0.3, 0.4) is 0 Å². The van der Waals surface area contributed by atoms with Crippen LogP contribution in [0, 0.1) is 0 Å². The Kier molecular flexibility index (Phi) is 3.26. The molecule has 0 amide bonds. The van der Waals surface area contributed by atoms with Crippen LogP contribution in [0.1, 0.15) is 32.6 Å². The summed E-state index contributed by atoms with van der Waals surface area (Å²) in [6, 6.07) is 0. The van der Waals surface area contributed by atoms with E-state index in [1.807, 2.05) is 6.92 Å². The molecular weight excluding hydrogens is 192 g/mol. The molecule has 4 nitrogen and oxygen atoms in total. The Morgan fingerprint density at radius 1 is 1.60 bits per heavy atom. The van der Waals surface area contributed by atoms with Crippen molar-refractivity contribution in [3.05, 3.63) is 0 Å². The summed E-state index contributed by atoms with van der Waals surface area (Å²) < 4.78 is 5.38. The SMILES string of the molecule is CC1OCCC1(O)CNC1=NCCCC1. The summed E-state index contributed by atoms with van der Waals surface area (Å²) in [6.45, 7) is 4.07. The van der Waals surface area contributed by atoms with E-state index >= 15 is 0 Å². The van der Waals surface area contributed by atoms with E-state index in [4.69, 9.17) is 4.74 Å². The quantitative estimate of drug-likeness (QED) is 0.708. The summed E-state index contributed by atoms with van der Waals surface area (Å²) in [6.07, 6.45) is 4.06. The molecule has 0 aromatic carbocycles. The van der Waals surface area contributed by atoms with E-state index in [0.29, 0.717) is 19.6 Å². The zero-order chi connectivity index (χ0) is 10.7. The van der Waals surface area contributed by atoms with Crippen LogP contribution in [-0.2, 0) is 4.74 Å². The number of amidine groups is 1. The first kappa shape index (κ1) is 10.9. The minimum absolute atomic E-state index is 0.0748. The van der Waals surface area contributed by atoms with Gasteiger partial charge in [-0.3, -0.25) is 4.99 Å². The number of aliphatic imine (C=N–C) groups is 1. The monoisotopic (exact) mass is 212 g/mol. The average Bonchev–Trinajstić information content (AvgIpc) is 2.59. The molecule has 2 unspecified atom stereocenters. The van der Waals surface area contributed by atoms with Gasteiger partial charge in [-0.25, -0.2) is 0 Å². The summed E-state index contributed by atoms with van der Waals surface area (Å²) in [5.41, 5.74) is -0.708. The van der Waals surface area contributed by atoms with Crippen molar-refractivity contribution in [2.45, 2.75) is 44.3 Å². The topological polar surface area (TPSA) is 53.9 Å². The molecule has 1 fully saturated rings. The first-order valence-corrected chi connectivity index (χ1v) is 5.82. The molecule has 0 aromatic heterocycles. The van der Waals surface area contributed by atoms with Crippen LogP contribution in [0.4, 0.5) is 0 Å². The summed E-state index contributed by atoms with van der Waals surface area (Å²) >= 11 is 0. The number of rotatable bonds is 2. The molecule has 0 radical (unpaired) electrons. The third-order valence-electron chi connectivity index (χ3n) is 3.38. The molecule has 2 atom stereocenters. The molecule has 2 N–H and O–H groups in total. The van der Waals surface area contributed by atoms with Gasteiger partial charge in [-0.2, -0.15) is 0 Å². The molecule has 4 heteroatoms. The third-order valence-corrected chi connectivity index (χ3v) is 3.38. The highest BCUT2D eigenvalue weighted by Crippen LogP contribution is 2.24. The Morgan fingerprint density at radius 2 is 2.47 bits per heavy atom. The standard InChI is InChI=1S/C11H20N2O2/c1-9-11(14,5-7-15-9)8-13-10-4-2-3-6-12-10/h9,14H,2-8H2,1H3,(H,12,13). The van der Waals surface area contributed by atoms with Crippen LogP contribution in [0.5, 0.6) is 0 Å². The van der Waals surface area contributed by atoms with Gasteiger partial charge in [0, 0.05) is 32.5 Å². The lowest BCUT2D eigenvalue weighted by Gasteiger charge is -2.27. The van der Waals surface area contributed by atoms with Crippen LogP contribution in [-0.4, -0.2) is 42.3 Å². The molecule has 86 valence electrons. The van der Waals surface area contributed by atoms with Crippen molar-refractivity contribution in [1.82, 2.24) is 5.32 Å². The van der Waals surface area contributed by atoms with Crippen molar-refractivity contribution in [3.63, 3.8) is 0 Å². The summed E-state index contributed by atoms with van der Waals surface area (Å²) in [4.78, 5) is 4.40. The summed E-state index contributed by atoms with van der Waals surface area (Å²) in [7, 11) is 0. The van der Waals surface area contributed by atoms with Gasteiger partial charge in [0.15, 0.2) is 0 Å². The predicted octanol–water partition coefficient (Wildman–Crippen LogP) is 0.698. The summed E-state index contributed by atoms with van der Waals surface area (Å²) in [5, 5.41) is 13.5. The fourth-order valence-electron chi connectivity index (χ4n) is 2.10. The molecule has 0 aromatic rings. The van der Waals surface area contributed by atoms with Gasteiger partial charge in [0.25, 0.3) is 0 Å². The maximum Gasteiger partial charge on any atom is 0.110 e. The minimum atomic E-state index is -0.708. The van der Waals surface area contributed by atoms with Crippen molar-refractivity contribution >= 4 is 5.84 Å². The van der Waals surface area contributed by atoms with Gasteiger partial charge in [-0.15, -0.1) is 0 Å².